The second-order valence-electron chi connectivity index (χ2n) is 5.60. The molecule has 0 amide bonds. The monoisotopic (exact) mass is 228 g/mol. The zero-order valence-corrected chi connectivity index (χ0v) is 11.1. The fourth-order valence-corrected chi connectivity index (χ4v) is 4.55. The normalized spacial score (nSPS) is 37.0. The molecule has 0 aromatic rings. The predicted octanol–water partition coefficient (Wildman–Crippen LogP) is 1.81. The van der Waals surface area contributed by atoms with Crippen molar-refractivity contribution in [2.45, 2.75) is 38.8 Å². The Balaban J connectivity index is 1.97. The molecule has 2 aliphatic heterocycles. The molecule has 2 unspecified atom stereocenters. The van der Waals surface area contributed by atoms with Crippen molar-refractivity contribution in [1.29, 1.82) is 0 Å². The first-order valence-corrected chi connectivity index (χ1v) is 7.28. The quantitative estimate of drug-likeness (QED) is 0.776. The molecule has 15 heavy (non-hydrogen) atoms. The molecule has 0 radical (unpaired) electrons. The van der Waals surface area contributed by atoms with Crippen LogP contribution in [0.5, 0.6) is 0 Å². The minimum absolute atomic E-state index is 0.522. The van der Waals surface area contributed by atoms with E-state index in [9.17, 15) is 0 Å². The zero-order chi connectivity index (χ0) is 10.9. The third kappa shape index (κ3) is 2.51. The molecule has 0 saturated carbocycles. The summed E-state index contributed by atoms with van der Waals surface area (Å²) in [6.45, 7) is 7.44. The van der Waals surface area contributed by atoms with E-state index in [1.54, 1.807) is 0 Å². The summed E-state index contributed by atoms with van der Waals surface area (Å²) in [5.41, 5.74) is 0.522. The second kappa shape index (κ2) is 4.64. The number of rotatable bonds is 2. The molecule has 0 aromatic carbocycles. The molecule has 0 bridgehead atoms. The lowest BCUT2D eigenvalue weighted by Gasteiger charge is -2.43. The van der Waals surface area contributed by atoms with E-state index in [2.05, 4.69) is 42.9 Å². The highest BCUT2D eigenvalue weighted by Gasteiger charge is 2.39. The van der Waals surface area contributed by atoms with E-state index < -0.39 is 0 Å². The van der Waals surface area contributed by atoms with Crippen LogP contribution in [0.25, 0.3) is 0 Å². The summed E-state index contributed by atoms with van der Waals surface area (Å²) < 4.78 is 0. The van der Waals surface area contributed by atoms with Crippen LogP contribution in [-0.2, 0) is 0 Å². The van der Waals surface area contributed by atoms with Crippen LogP contribution in [0.4, 0.5) is 0 Å². The van der Waals surface area contributed by atoms with E-state index >= 15 is 0 Å². The number of nitrogens with zero attached hydrogens (tertiary/aromatic N) is 1. The molecule has 2 rings (SSSR count). The van der Waals surface area contributed by atoms with Crippen LogP contribution in [0, 0.1) is 5.41 Å². The standard InChI is InChI=1S/C12H24N2S/c1-12(2)5-7-15-9-11(12)14-6-4-10(8-14)13-3/h10-11,13H,4-9H2,1-3H3. The summed E-state index contributed by atoms with van der Waals surface area (Å²) in [6, 6.07) is 1.53. The van der Waals surface area contributed by atoms with Gasteiger partial charge in [-0.3, -0.25) is 4.90 Å². The topological polar surface area (TPSA) is 15.3 Å². The van der Waals surface area contributed by atoms with Gasteiger partial charge in [0.05, 0.1) is 0 Å². The number of likely N-dealkylation sites (N-methyl/N-ethyl adjacent to an activating group) is 1. The second-order valence-corrected chi connectivity index (χ2v) is 6.75. The van der Waals surface area contributed by atoms with Gasteiger partial charge in [0.25, 0.3) is 0 Å². The van der Waals surface area contributed by atoms with Crippen LogP contribution in [0.2, 0.25) is 0 Å². The summed E-state index contributed by atoms with van der Waals surface area (Å²) >= 11 is 2.14. The average molecular weight is 228 g/mol. The third-order valence-electron chi connectivity index (χ3n) is 4.14. The van der Waals surface area contributed by atoms with E-state index in [-0.39, 0.29) is 0 Å². The Morgan fingerprint density at radius 2 is 2.20 bits per heavy atom. The first kappa shape index (κ1) is 11.7. The number of likely N-dealkylation sites (tertiary alicyclic amines) is 1. The van der Waals surface area contributed by atoms with Gasteiger partial charge in [-0.2, -0.15) is 11.8 Å². The molecule has 2 atom stereocenters. The maximum Gasteiger partial charge on any atom is 0.0238 e. The van der Waals surface area contributed by atoms with Crippen molar-refractivity contribution in [3.8, 4) is 0 Å². The van der Waals surface area contributed by atoms with E-state index in [1.165, 1.54) is 37.4 Å². The van der Waals surface area contributed by atoms with Gasteiger partial charge in [0.15, 0.2) is 0 Å². The molecule has 3 heteroatoms. The Kier molecular flexibility index (Phi) is 3.63. The van der Waals surface area contributed by atoms with Crippen molar-refractivity contribution in [3.05, 3.63) is 0 Å². The Labute approximate surface area is 98.2 Å². The Bertz CT molecular complexity index is 218. The van der Waals surface area contributed by atoms with Crippen LogP contribution in [0.3, 0.4) is 0 Å². The van der Waals surface area contributed by atoms with Gasteiger partial charge in [-0.05, 0) is 31.1 Å². The Hall–Kier alpha value is 0.270. The summed E-state index contributed by atoms with van der Waals surface area (Å²) in [4.78, 5) is 2.72. The van der Waals surface area contributed by atoms with E-state index in [4.69, 9.17) is 0 Å². The van der Waals surface area contributed by atoms with Gasteiger partial charge in [0.1, 0.15) is 0 Å². The summed E-state index contributed by atoms with van der Waals surface area (Å²) in [6.07, 6.45) is 2.71. The van der Waals surface area contributed by atoms with Crippen LogP contribution < -0.4 is 5.32 Å². The molecule has 88 valence electrons. The molecule has 1 N–H and O–H groups in total. The fraction of sp³-hybridized carbons (Fsp3) is 1.00. The number of nitrogens with one attached hydrogen (secondary N) is 1. The van der Waals surface area contributed by atoms with Crippen LogP contribution >= 0.6 is 11.8 Å². The highest BCUT2D eigenvalue weighted by atomic mass is 32.2. The van der Waals surface area contributed by atoms with Gasteiger partial charge in [0, 0.05) is 30.9 Å². The van der Waals surface area contributed by atoms with Gasteiger partial charge in [-0.25, -0.2) is 0 Å². The first-order chi connectivity index (χ1) is 7.13. The zero-order valence-electron chi connectivity index (χ0n) is 10.3. The molecule has 2 aliphatic rings. The third-order valence-corrected chi connectivity index (χ3v) is 5.18. The molecule has 0 aromatic heterocycles. The SMILES string of the molecule is CNC1CCN(C2CSCCC2(C)C)C1. The van der Waals surface area contributed by atoms with E-state index in [0.29, 0.717) is 5.41 Å². The highest BCUT2D eigenvalue weighted by Crippen LogP contribution is 2.38. The van der Waals surface area contributed by atoms with Crippen LogP contribution in [-0.4, -0.2) is 48.6 Å². The van der Waals surface area contributed by atoms with Crippen molar-refractivity contribution in [2.24, 2.45) is 5.41 Å². The molecule has 2 heterocycles. The molecular formula is C12H24N2S. The molecular weight excluding hydrogens is 204 g/mol. The summed E-state index contributed by atoms with van der Waals surface area (Å²) in [5, 5.41) is 3.41. The fourth-order valence-electron chi connectivity index (χ4n) is 2.83. The molecule has 2 nitrogen and oxygen atoms in total. The van der Waals surface area contributed by atoms with Crippen molar-refractivity contribution in [3.63, 3.8) is 0 Å². The molecule has 0 aliphatic carbocycles. The largest absolute Gasteiger partial charge is 0.316 e. The highest BCUT2D eigenvalue weighted by molar-refractivity contribution is 7.99. The maximum absolute atomic E-state index is 3.41. The molecule has 0 spiro atoms. The maximum atomic E-state index is 3.41. The lowest BCUT2D eigenvalue weighted by molar-refractivity contribution is 0.119. The first-order valence-electron chi connectivity index (χ1n) is 6.12. The van der Waals surface area contributed by atoms with Crippen LogP contribution in [0.15, 0.2) is 0 Å². The van der Waals surface area contributed by atoms with Gasteiger partial charge >= 0.3 is 0 Å². The van der Waals surface area contributed by atoms with Crippen molar-refractivity contribution < 1.29 is 0 Å². The number of hydrogen-bond donors (Lipinski definition) is 1. The lowest BCUT2D eigenvalue weighted by Crippen LogP contribution is -2.49. The average Bonchev–Trinajstić information content (AvgIpc) is 2.65. The van der Waals surface area contributed by atoms with Crippen LogP contribution in [0.1, 0.15) is 26.7 Å². The summed E-state index contributed by atoms with van der Waals surface area (Å²) in [5.74, 6) is 2.69. The molecule has 2 saturated heterocycles. The number of thioether (sulfide) groups is 1. The smallest absolute Gasteiger partial charge is 0.0238 e. The van der Waals surface area contributed by atoms with Gasteiger partial charge in [-0.1, -0.05) is 13.8 Å². The van der Waals surface area contributed by atoms with E-state index in [1.807, 2.05) is 0 Å². The Morgan fingerprint density at radius 1 is 1.40 bits per heavy atom. The van der Waals surface area contributed by atoms with Crippen molar-refractivity contribution in [2.75, 3.05) is 31.6 Å². The van der Waals surface area contributed by atoms with Gasteiger partial charge in [-0.15, -0.1) is 0 Å². The summed E-state index contributed by atoms with van der Waals surface area (Å²) in [7, 11) is 2.09. The minimum atomic E-state index is 0.522. The predicted molar refractivity (Wildman–Crippen MR) is 68.5 cm³/mol. The van der Waals surface area contributed by atoms with E-state index in [0.717, 1.165) is 12.1 Å². The minimum Gasteiger partial charge on any atom is -0.316 e. The van der Waals surface area contributed by atoms with Gasteiger partial charge in [0.2, 0.25) is 0 Å². The van der Waals surface area contributed by atoms with Crippen molar-refractivity contribution in [1.82, 2.24) is 10.2 Å². The molecule has 2 fully saturated rings. The Morgan fingerprint density at radius 3 is 2.80 bits per heavy atom. The lowest BCUT2D eigenvalue weighted by atomic mass is 9.81. The van der Waals surface area contributed by atoms with Crippen molar-refractivity contribution >= 4 is 11.8 Å². The van der Waals surface area contributed by atoms with Gasteiger partial charge < -0.3 is 5.32 Å². The number of hydrogen-bond acceptors (Lipinski definition) is 3.